The zero-order valence-electron chi connectivity index (χ0n) is 12.0. The number of benzene rings is 1. The van der Waals surface area contributed by atoms with Crippen LogP contribution in [0.2, 0.25) is 0 Å². The minimum atomic E-state index is -3.91. The molecule has 0 aliphatic carbocycles. The highest BCUT2D eigenvalue weighted by Gasteiger charge is 2.42. The average molecular weight is 329 g/mol. The lowest BCUT2D eigenvalue weighted by molar-refractivity contribution is -0.385. The molecule has 3 rings (SSSR count). The van der Waals surface area contributed by atoms with Crippen molar-refractivity contribution in [1.82, 2.24) is 9.62 Å². The highest BCUT2D eigenvalue weighted by atomic mass is 32.2. The van der Waals surface area contributed by atoms with Crippen LogP contribution in [0.3, 0.4) is 0 Å². The maximum atomic E-state index is 13.9. The fourth-order valence-corrected chi connectivity index (χ4v) is 4.72. The van der Waals surface area contributed by atoms with E-state index in [-0.39, 0.29) is 22.3 Å². The number of hydrogen-bond donors (Lipinski definition) is 1. The Balaban J connectivity index is 1.98. The first-order valence-electron chi connectivity index (χ1n) is 6.96. The number of sulfonamides is 1. The highest BCUT2D eigenvalue weighted by molar-refractivity contribution is 7.89. The van der Waals surface area contributed by atoms with Crippen LogP contribution in [-0.2, 0) is 10.0 Å². The second-order valence-corrected chi connectivity index (χ2v) is 7.74. The number of fused-ring (bicyclic) bond motifs is 1. The average Bonchev–Trinajstić information content (AvgIpc) is 3.02. The minimum Gasteiger partial charge on any atom is -0.316 e. The summed E-state index contributed by atoms with van der Waals surface area (Å²) in [4.78, 5) is 9.84. The van der Waals surface area contributed by atoms with Gasteiger partial charge in [0.05, 0.1) is 15.4 Å². The molecular weight excluding hydrogens is 313 g/mol. The standard InChI is InChI=1S/C13H16FN3O4S/c1-8-12(14)2-11(3-13(8)17(18)19)22(20,21)16-6-9-4-15-5-10(9)7-16/h2-3,9-10,15H,4-7H2,1H3/t9-,10+. The Bertz CT molecular complexity index is 725. The quantitative estimate of drug-likeness (QED) is 0.656. The Labute approximate surface area is 127 Å². The third-order valence-electron chi connectivity index (χ3n) is 4.48. The van der Waals surface area contributed by atoms with Crippen LogP contribution >= 0.6 is 0 Å². The molecule has 2 aliphatic rings. The van der Waals surface area contributed by atoms with Crippen molar-refractivity contribution in [3.63, 3.8) is 0 Å². The second-order valence-electron chi connectivity index (χ2n) is 5.81. The Morgan fingerprint density at radius 1 is 1.32 bits per heavy atom. The summed E-state index contributed by atoms with van der Waals surface area (Å²) < 4.78 is 40.4. The molecule has 2 atom stereocenters. The van der Waals surface area contributed by atoms with Gasteiger partial charge in [-0.05, 0) is 37.9 Å². The maximum Gasteiger partial charge on any atom is 0.276 e. The van der Waals surface area contributed by atoms with E-state index >= 15 is 0 Å². The molecule has 2 heterocycles. The lowest BCUT2D eigenvalue weighted by Gasteiger charge is -2.17. The molecular formula is C13H16FN3O4S. The fraction of sp³-hybridized carbons (Fsp3) is 0.538. The topological polar surface area (TPSA) is 92.6 Å². The zero-order chi connectivity index (χ0) is 16.1. The number of nitro groups is 1. The lowest BCUT2D eigenvalue weighted by atomic mass is 10.0. The van der Waals surface area contributed by atoms with E-state index in [9.17, 15) is 22.9 Å². The van der Waals surface area contributed by atoms with E-state index in [1.165, 1.54) is 11.2 Å². The first-order chi connectivity index (χ1) is 10.3. The molecule has 0 bridgehead atoms. The van der Waals surface area contributed by atoms with Gasteiger partial charge in [0.2, 0.25) is 10.0 Å². The van der Waals surface area contributed by atoms with Gasteiger partial charge in [-0.25, -0.2) is 12.8 Å². The van der Waals surface area contributed by atoms with Crippen LogP contribution in [0.25, 0.3) is 0 Å². The number of nitrogens with zero attached hydrogens (tertiary/aromatic N) is 2. The molecule has 0 saturated carbocycles. The fourth-order valence-electron chi connectivity index (χ4n) is 3.14. The van der Waals surface area contributed by atoms with Crippen LogP contribution in [0.15, 0.2) is 17.0 Å². The van der Waals surface area contributed by atoms with Crippen LogP contribution < -0.4 is 5.32 Å². The van der Waals surface area contributed by atoms with Crippen molar-refractivity contribution < 1.29 is 17.7 Å². The van der Waals surface area contributed by atoms with E-state index in [1.807, 2.05) is 0 Å². The normalized spacial score (nSPS) is 25.4. The van der Waals surface area contributed by atoms with E-state index in [4.69, 9.17) is 0 Å². The third-order valence-corrected chi connectivity index (χ3v) is 6.29. The molecule has 0 radical (unpaired) electrons. The van der Waals surface area contributed by atoms with Gasteiger partial charge in [0.1, 0.15) is 5.82 Å². The van der Waals surface area contributed by atoms with Crippen molar-refractivity contribution in [1.29, 1.82) is 0 Å². The van der Waals surface area contributed by atoms with Gasteiger partial charge in [0, 0.05) is 19.2 Å². The van der Waals surface area contributed by atoms with E-state index in [2.05, 4.69) is 5.32 Å². The monoisotopic (exact) mass is 329 g/mol. The highest BCUT2D eigenvalue weighted by Crippen LogP contribution is 2.33. The minimum absolute atomic E-state index is 0.161. The summed E-state index contributed by atoms with van der Waals surface area (Å²) in [6.07, 6.45) is 0. The van der Waals surface area contributed by atoms with Crippen molar-refractivity contribution >= 4 is 15.7 Å². The van der Waals surface area contributed by atoms with Crippen molar-refractivity contribution in [3.8, 4) is 0 Å². The van der Waals surface area contributed by atoms with Gasteiger partial charge in [-0.2, -0.15) is 4.31 Å². The summed E-state index contributed by atoms with van der Waals surface area (Å²) in [6.45, 7) is 3.51. The summed E-state index contributed by atoms with van der Waals surface area (Å²) in [6, 6.07) is 1.81. The Morgan fingerprint density at radius 3 is 2.45 bits per heavy atom. The number of nitro benzene ring substituents is 1. The van der Waals surface area contributed by atoms with Crippen molar-refractivity contribution in [2.45, 2.75) is 11.8 Å². The van der Waals surface area contributed by atoms with Gasteiger partial charge in [-0.15, -0.1) is 0 Å². The molecule has 22 heavy (non-hydrogen) atoms. The maximum absolute atomic E-state index is 13.9. The SMILES string of the molecule is Cc1c(F)cc(S(=O)(=O)N2C[C@H]3CNC[C@H]3C2)cc1[N+](=O)[O-]. The smallest absolute Gasteiger partial charge is 0.276 e. The van der Waals surface area contributed by atoms with E-state index in [1.54, 1.807) is 0 Å². The van der Waals surface area contributed by atoms with Gasteiger partial charge in [0.25, 0.3) is 5.69 Å². The van der Waals surface area contributed by atoms with Gasteiger partial charge in [-0.3, -0.25) is 10.1 Å². The van der Waals surface area contributed by atoms with Crippen LogP contribution in [-0.4, -0.2) is 43.8 Å². The molecule has 1 aromatic carbocycles. The van der Waals surface area contributed by atoms with Crippen LogP contribution in [0.5, 0.6) is 0 Å². The third kappa shape index (κ3) is 2.38. The summed E-state index contributed by atoms with van der Waals surface area (Å²) >= 11 is 0. The summed E-state index contributed by atoms with van der Waals surface area (Å²) in [5, 5.41) is 14.2. The van der Waals surface area contributed by atoms with Crippen LogP contribution in [0, 0.1) is 34.7 Å². The molecule has 1 N–H and O–H groups in total. The largest absolute Gasteiger partial charge is 0.316 e. The van der Waals surface area contributed by atoms with Gasteiger partial charge in [-0.1, -0.05) is 0 Å². The molecule has 0 unspecified atom stereocenters. The molecule has 120 valence electrons. The molecule has 0 spiro atoms. The van der Waals surface area contributed by atoms with E-state index in [0.717, 1.165) is 25.2 Å². The second kappa shape index (κ2) is 5.25. The molecule has 2 aliphatic heterocycles. The van der Waals surface area contributed by atoms with Gasteiger partial charge < -0.3 is 5.32 Å². The van der Waals surface area contributed by atoms with E-state index in [0.29, 0.717) is 13.1 Å². The molecule has 2 saturated heterocycles. The van der Waals surface area contributed by atoms with Crippen molar-refractivity contribution in [3.05, 3.63) is 33.6 Å². The summed E-state index contributed by atoms with van der Waals surface area (Å²) in [5.41, 5.74) is -0.675. The molecule has 0 amide bonds. The molecule has 1 aromatic rings. The number of hydrogen-bond acceptors (Lipinski definition) is 5. The number of nitrogens with one attached hydrogen (secondary N) is 1. The Morgan fingerprint density at radius 2 is 1.91 bits per heavy atom. The van der Waals surface area contributed by atoms with Gasteiger partial charge in [0.15, 0.2) is 0 Å². The van der Waals surface area contributed by atoms with Crippen molar-refractivity contribution in [2.75, 3.05) is 26.2 Å². The lowest BCUT2D eigenvalue weighted by Crippen LogP contribution is -2.32. The van der Waals surface area contributed by atoms with Crippen LogP contribution in [0.1, 0.15) is 5.56 Å². The number of rotatable bonds is 3. The molecule has 0 aromatic heterocycles. The Hall–Kier alpha value is -1.58. The predicted molar refractivity (Wildman–Crippen MR) is 76.4 cm³/mol. The predicted octanol–water partition coefficient (Wildman–Crippen LogP) is 0.882. The number of halogens is 1. The van der Waals surface area contributed by atoms with Crippen molar-refractivity contribution in [2.24, 2.45) is 11.8 Å². The summed E-state index contributed by atoms with van der Waals surface area (Å²) in [7, 11) is -3.91. The zero-order valence-corrected chi connectivity index (χ0v) is 12.8. The van der Waals surface area contributed by atoms with Crippen LogP contribution in [0.4, 0.5) is 10.1 Å². The first-order valence-corrected chi connectivity index (χ1v) is 8.40. The molecule has 9 heteroatoms. The van der Waals surface area contributed by atoms with E-state index < -0.39 is 26.5 Å². The first kappa shape index (κ1) is 15.3. The van der Waals surface area contributed by atoms with Gasteiger partial charge >= 0.3 is 0 Å². The Kier molecular flexibility index (Phi) is 3.66. The molecule has 2 fully saturated rings. The molecule has 7 nitrogen and oxygen atoms in total. The summed E-state index contributed by atoms with van der Waals surface area (Å²) in [5.74, 6) is -0.381.